The molecule has 2 aliphatic rings. The van der Waals surface area contributed by atoms with Crippen molar-refractivity contribution in [2.45, 2.75) is 63.3 Å². The van der Waals surface area contributed by atoms with Gasteiger partial charge in [0.25, 0.3) is 5.88 Å². The summed E-state index contributed by atoms with van der Waals surface area (Å²) in [5.41, 5.74) is -1.07. The van der Waals surface area contributed by atoms with Gasteiger partial charge in [0.05, 0.1) is 17.6 Å². The van der Waals surface area contributed by atoms with E-state index in [0.29, 0.717) is 0 Å². The summed E-state index contributed by atoms with van der Waals surface area (Å²) in [6, 6.07) is 0.972. The SMILES string of the molecule is CC1(C)OB(c2cnc(OC3CC(F)(F)C3(F)F)c(F)c2)OC1(C)C. The Labute approximate surface area is 141 Å². The maximum absolute atomic E-state index is 14.1. The fourth-order valence-electron chi connectivity index (χ4n) is 2.49. The third kappa shape index (κ3) is 2.79. The predicted octanol–water partition coefficient (Wildman–Crippen LogP) is 2.94. The van der Waals surface area contributed by atoms with Gasteiger partial charge in [0.2, 0.25) is 0 Å². The van der Waals surface area contributed by atoms with Gasteiger partial charge in [0.1, 0.15) is 0 Å². The van der Waals surface area contributed by atoms with Crippen LogP contribution >= 0.6 is 0 Å². The highest BCUT2D eigenvalue weighted by molar-refractivity contribution is 6.62. The zero-order valence-electron chi connectivity index (χ0n) is 14.1. The van der Waals surface area contributed by atoms with Crippen molar-refractivity contribution in [1.82, 2.24) is 4.98 Å². The highest BCUT2D eigenvalue weighted by Crippen LogP contribution is 2.52. The third-order valence-electron chi connectivity index (χ3n) is 4.94. The van der Waals surface area contributed by atoms with Gasteiger partial charge in [-0.05, 0) is 33.8 Å². The summed E-state index contributed by atoms with van der Waals surface area (Å²) in [7, 11) is -0.893. The summed E-state index contributed by atoms with van der Waals surface area (Å²) >= 11 is 0. The first-order valence-corrected chi connectivity index (χ1v) is 7.70. The van der Waals surface area contributed by atoms with Crippen LogP contribution in [0.15, 0.2) is 12.3 Å². The molecule has 1 atom stereocenters. The lowest BCUT2D eigenvalue weighted by Crippen LogP contribution is -2.64. The molecule has 1 aliphatic carbocycles. The molecule has 0 N–H and O–H groups in total. The monoisotopic (exact) mass is 365 g/mol. The highest BCUT2D eigenvalue weighted by Gasteiger charge is 2.73. The Bertz CT molecular complexity index is 682. The molecule has 0 bridgehead atoms. The quantitative estimate of drug-likeness (QED) is 0.610. The zero-order valence-corrected chi connectivity index (χ0v) is 14.1. The van der Waals surface area contributed by atoms with E-state index in [0.717, 1.165) is 12.3 Å². The molecule has 1 unspecified atom stereocenters. The summed E-state index contributed by atoms with van der Waals surface area (Å²) in [6.07, 6.45) is -2.16. The van der Waals surface area contributed by atoms with Gasteiger partial charge in [-0.15, -0.1) is 0 Å². The lowest BCUT2D eigenvalue weighted by Gasteiger charge is -2.42. The number of halogens is 5. The van der Waals surface area contributed by atoms with Crippen molar-refractivity contribution < 1.29 is 36.0 Å². The van der Waals surface area contributed by atoms with E-state index in [-0.39, 0.29) is 5.46 Å². The molecule has 1 saturated heterocycles. The van der Waals surface area contributed by atoms with Gasteiger partial charge < -0.3 is 14.0 Å². The number of alkyl halides is 4. The van der Waals surface area contributed by atoms with Gasteiger partial charge in [-0.3, -0.25) is 0 Å². The number of nitrogens with zero attached hydrogens (tertiary/aromatic N) is 1. The van der Waals surface area contributed by atoms with Crippen molar-refractivity contribution in [3.63, 3.8) is 0 Å². The fourth-order valence-corrected chi connectivity index (χ4v) is 2.49. The third-order valence-corrected chi connectivity index (χ3v) is 4.94. The zero-order chi connectivity index (χ0) is 18.8. The number of ether oxygens (including phenoxy) is 1. The van der Waals surface area contributed by atoms with Crippen LogP contribution in [-0.2, 0) is 9.31 Å². The molecule has 1 saturated carbocycles. The van der Waals surface area contributed by atoms with Crippen LogP contribution in [0.1, 0.15) is 34.1 Å². The summed E-state index contributed by atoms with van der Waals surface area (Å²) in [5, 5.41) is 0. The van der Waals surface area contributed by atoms with E-state index < -0.39 is 54.4 Å². The van der Waals surface area contributed by atoms with Crippen molar-refractivity contribution >= 4 is 12.6 Å². The normalized spacial score (nSPS) is 28.5. The molecule has 0 spiro atoms. The average molecular weight is 365 g/mol. The van der Waals surface area contributed by atoms with Gasteiger partial charge in [-0.2, -0.15) is 17.6 Å². The van der Waals surface area contributed by atoms with E-state index in [1.165, 1.54) is 0 Å². The van der Waals surface area contributed by atoms with E-state index in [9.17, 15) is 22.0 Å². The van der Waals surface area contributed by atoms with Crippen LogP contribution in [0, 0.1) is 5.82 Å². The van der Waals surface area contributed by atoms with Gasteiger partial charge in [-0.1, -0.05) is 0 Å². The Morgan fingerprint density at radius 3 is 2.12 bits per heavy atom. The van der Waals surface area contributed by atoms with E-state index in [4.69, 9.17) is 9.31 Å². The second-order valence-electron chi connectivity index (χ2n) is 7.28. The maximum Gasteiger partial charge on any atom is 0.496 e. The standard InChI is InChI=1S/C15H17BF5NO3/c1-12(2)13(3,4)25-16(24-12)8-5-9(17)11(22-7-8)23-10-6-14(18,19)15(10,20)21/h5,7,10H,6H2,1-4H3. The Morgan fingerprint density at radius 2 is 1.68 bits per heavy atom. The van der Waals surface area contributed by atoms with Crippen molar-refractivity contribution in [2.75, 3.05) is 0 Å². The Balaban J connectivity index is 1.75. The molecule has 25 heavy (non-hydrogen) atoms. The van der Waals surface area contributed by atoms with Gasteiger partial charge in [-0.25, -0.2) is 9.37 Å². The van der Waals surface area contributed by atoms with E-state index >= 15 is 0 Å². The van der Waals surface area contributed by atoms with Crippen LogP contribution in [0.2, 0.25) is 0 Å². The van der Waals surface area contributed by atoms with Crippen LogP contribution in [0.3, 0.4) is 0 Å². The van der Waals surface area contributed by atoms with E-state index in [2.05, 4.69) is 9.72 Å². The molecule has 0 radical (unpaired) electrons. The minimum absolute atomic E-state index is 0.231. The lowest BCUT2D eigenvalue weighted by molar-refractivity contribution is -0.324. The van der Waals surface area contributed by atoms with Crippen molar-refractivity contribution in [3.8, 4) is 5.88 Å². The Morgan fingerprint density at radius 1 is 1.12 bits per heavy atom. The molecule has 3 rings (SSSR count). The highest BCUT2D eigenvalue weighted by atomic mass is 19.3. The summed E-state index contributed by atoms with van der Waals surface area (Å²) in [5.74, 6) is -10.3. The molecule has 1 aliphatic heterocycles. The fraction of sp³-hybridized carbons (Fsp3) is 0.667. The molecule has 0 amide bonds. The predicted molar refractivity (Wildman–Crippen MR) is 78.8 cm³/mol. The first kappa shape index (κ1) is 18.4. The Hall–Kier alpha value is -1.42. The van der Waals surface area contributed by atoms with Crippen molar-refractivity contribution in [3.05, 3.63) is 18.1 Å². The maximum atomic E-state index is 14.1. The van der Waals surface area contributed by atoms with Gasteiger partial charge in [0.15, 0.2) is 11.9 Å². The average Bonchev–Trinajstić information content (AvgIpc) is 2.68. The topological polar surface area (TPSA) is 40.6 Å². The van der Waals surface area contributed by atoms with Crippen LogP contribution in [0.5, 0.6) is 5.88 Å². The number of hydrogen-bond acceptors (Lipinski definition) is 4. The number of aromatic nitrogens is 1. The molecule has 0 aromatic carbocycles. The molecule has 138 valence electrons. The van der Waals surface area contributed by atoms with Crippen molar-refractivity contribution in [2.24, 2.45) is 0 Å². The largest absolute Gasteiger partial charge is 0.496 e. The molecule has 10 heteroatoms. The number of hydrogen-bond donors (Lipinski definition) is 0. The van der Waals surface area contributed by atoms with E-state index in [1.807, 2.05) is 27.7 Å². The second-order valence-corrected chi connectivity index (χ2v) is 7.28. The van der Waals surface area contributed by atoms with Gasteiger partial charge in [0, 0.05) is 11.7 Å². The van der Waals surface area contributed by atoms with Crippen LogP contribution in [-0.4, -0.2) is 41.3 Å². The number of pyridine rings is 1. The summed E-state index contributed by atoms with van der Waals surface area (Å²) < 4.78 is 82.3. The van der Waals surface area contributed by atoms with E-state index in [1.54, 1.807) is 0 Å². The first-order valence-electron chi connectivity index (χ1n) is 7.70. The van der Waals surface area contributed by atoms with Crippen molar-refractivity contribution in [1.29, 1.82) is 0 Å². The number of rotatable bonds is 3. The lowest BCUT2D eigenvalue weighted by atomic mass is 9.80. The molecule has 1 aromatic heterocycles. The minimum Gasteiger partial charge on any atom is -0.465 e. The summed E-state index contributed by atoms with van der Waals surface area (Å²) in [4.78, 5) is 3.62. The summed E-state index contributed by atoms with van der Waals surface area (Å²) in [6.45, 7) is 7.25. The second kappa shape index (κ2) is 5.29. The first-order chi connectivity index (χ1) is 11.3. The van der Waals surface area contributed by atoms with Crippen LogP contribution in [0.4, 0.5) is 22.0 Å². The molecule has 2 fully saturated rings. The minimum atomic E-state index is -4.36. The van der Waals surface area contributed by atoms with Crippen LogP contribution < -0.4 is 10.2 Å². The Kier molecular flexibility index (Phi) is 3.89. The molecular weight excluding hydrogens is 348 g/mol. The molecular formula is C15H17BF5NO3. The molecule has 4 nitrogen and oxygen atoms in total. The molecule has 1 aromatic rings. The van der Waals surface area contributed by atoms with Crippen LogP contribution in [0.25, 0.3) is 0 Å². The van der Waals surface area contributed by atoms with Gasteiger partial charge >= 0.3 is 19.0 Å². The smallest absolute Gasteiger partial charge is 0.465 e. The molecule has 2 heterocycles.